The number of carboxylic acids is 2. The number of aliphatic carboxylic acids is 2. The van der Waals surface area contributed by atoms with Crippen LogP contribution in [0.1, 0.15) is 12.5 Å². The molecule has 140 valence electrons. The molecule has 1 heterocycles. The molecule has 2 rings (SSSR count). The lowest BCUT2D eigenvalue weighted by Crippen LogP contribution is -2.48. The molecule has 0 spiro atoms. The van der Waals surface area contributed by atoms with Crippen LogP contribution in [0.3, 0.4) is 0 Å². The Morgan fingerprint density at radius 1 is 1.12 bits per heavy atom. The van der Waals surface area contributed by atoms with Crippen molar-refractivity contribution in [3.63, 3.8) is 0 Å². The lowest BCUT2D eigenvalue weighted by Gasteiger charge is -2.33. The van der Waals surface area contributed by atoms with E-state index in [4.69, 9.17) is 19.8 Å². The molecule has 0 atom stereocenters. The number of carbonyl (C=O) groups is 2. The molecule has 0 amide bonds. The monoisotopic (exact) mass is 376 g/mol. The fraction of sp³-hybridized carbons (Fsp3) is 0.467. The third kappa shape index (κ3) is 7.16. The summed E-state index contributed by atoms with van der Waals surface area (Å²) in [5.74, 6) is -3.73. The normalized spacial score (nSPS) is 15.9. The van der Waals surface area contributed by atoms with Gasteiger partial charge in [-0.2, -0.15) is 4.31 Å². The number of carboxylic acid groups (broad SMARTS) is 2. The van der Waals surface area contributed by atoms with Crippen LogP contribution in [0.4, 0.5) is 4.39 Å². The van der Waals surface area contributed by atoms with Gasteiger partial charge in [-0.25, -0.2) is 22.4 Å². The second kappa shape index (κ2) is 9.44. The second-order valence-electron chi connectivity index (χ2n) is 5.32. The van der Waals surface area contributed by atoms with E-state index in [1.54, 1.807) is 13.0 Å². The summed E-state index contributed by atoms with van der Waals surface area (Å²) < 4.78 is 38.1. The third-order valence-electron chi connectivity index (χ3n) is 3.57. The van der Waals surface area contributed by atoms with Crippen LogP contribution in [0, 0.1) is 5.82 Å². The van der Waals surface area contributed by atoms with Crippen LogP contribution in [0.15, 0.2) is 24.3 Å². The van der Waals surface area contributed by atoms with E-state index in [0.29, 0.717) is 32.7 Å². The summed E-state index contributed by atoms with van der Waals surface area (Å²) in [7, 11) is -3.08. The van der Waals surface area contributed by atoms with E-state index in [-0.39, 0.29) is 11.6 Å². The van der Waals surface area contributed by atoms with Gasteiger partial charge in [-0.3, -0.25) is 4.90 Å². The molecular weight excluding hydrogens is 355 g/mol. The number of piperazine rings is 1. The number of rotatable bonds is 4. The summed E-state index contributed by atoms with van der Waals surface area (Å²) >= 11 is 0. The Bertz CT molecular complexity index is 690. The molecule has 1 aliphatic heterocycles. The molecule has 25 heavy (non-hydrogen) atoms. The fourth-order valence-corrected chi connectivity index (χ4v) is 3.33. The van der Waals surface area contributed by atoms with Crippen molar-refractivity contribution in [1.29, 1.82) is 0 Å². The van der Waals surface area contributed by atoms with Gasteiger partial charge in [-0.05, 0) is 24.6 Å². The number of halogens is 1. The van der Waals surface area contributed by atoms with Gasteiger partial charge in [0.05, 0.1) is 5.75 Å². The van der Waals surface area contributed by atoms with E-state index in [1.807, 2.05) is 6.07 Å². The number of hydrogen-bond donors (Lipinski definition) is 2. The lowest BCUT2D eigenvalue weighted by molar-refractivity contribution is -0.159. The molecule has 0 bridgehead atoms. The average molecular weight is 376 g/mol. The first kappa shape index (κ1) is 21.0. The first-order chi connectivity index (χ1) is 11.7. The quantitative estimate of drug-likeness (QED) is 0.733. The zero-order chi connectivity index (χ0) is 19.0. The summed E-state index contributed by atoms with van der Waals surface area (Å²) in [4.78, 5) is 20.3. The van der Waals surface area contributed by atoms with Gasteiger partial charge in [0.25, 0.3) is 0 Å². The maximum Gasteiger partial charge on any atom is 0.414 e. The van der Waals surface area contributed by atoms with E-state index in [0.717, 1.165) is 5.56 Å². The molecule has 1 saturated heterocycles. The fourth-order valence-electron chi connectivity index (χ4n) is 2.24. The first-order valence-electron chi connectivity index (χ1n) is 7.56. The topological polar surface area (TPSA) is 115 Å². The smallest absolute Gasteiger partial charge is 0.414 e. The van der Waals surface area contributed by atoms with Gasteiger partial charge in [-0.1, -0.05) is 12.1 Å². The van der Waals surface area contributed by atoms with E-state index in [1.165, 1.54) is 16.4 Å². The largest absolute Gasteiger partial charge is 0.473 e. The number of benzene rings is 1. The van der Waals surface area contributed by atoms with Crippen molar-refractivity contribution in [3.8, 4) is 0 Å². The minimum Gasteiger partial charge on any atom is -0.473 e. The third-order valence-corrected chi connectivity index (χ3v) is 5.45. The van der Waals surface area contributed by atoms with Gasteiger partial charge < -0.3 is 10.2 Å². The number of hydrogen-bond acceptors (Lipinski definition) is 5. The van der Waals surface area contributed by atoms with Crippen molar-refractivity contribution < 1.29 is 32.6 Å². The molecule has 0 aromatic heterocycles. The Hall–Kier alpha value is -2.04. The van der Waals surface area contributed by atoms with Gasteiger partial charge in [0.2, 0.25) is 10.0 Å². The Morgan fingerprint density at radius 2 is 1.68 bits per heavy atom. The summed E-state index contributed by atoms with van der Waals surface area (Å²) in [5.41, 5.74) is 0.923. The Kier molecular flexibility index (Phi) is 7.94. The standard InChI is InChI=1S/C13H19FN2O2S.C2H2O4/c1-2-19(17,18)16-8-6-15(7-9-16)11-12-4-3-5-13(14)10-12;3-1(4)2(5)6/h3-5,10H,2,6-9,11H2,1H3;(H,3,4)(H,5,6). The molecule has 0 saturated carbocycles. The molecule has 0 aliphatic carbocycles. The van der Waals surface area contributed by atoms with Gasteiger partial charge in [0.15, 0.2) is 0 Å². The van der Waals surface area contributed by atoms with E-state index >= 15 is 0 Å². The van der Waals surface area contributed by atoms with Gasteiger partial charge in [0.1, 0.15) is 5.82 Å². The van der Waals surface area contributed by atoms with Crippen molar-refractivity contribution in [3.05, 3.63) is 35.6 Å². The van der Waals surface area contributed by atoms with Crippen LogP contribution in [0.2, 0.25) is 0 Å². The molecule has 1 aromatic carbocycles. The molecule has 2 N–H and O–H groups in total. The summed E-state index contributed by atoms with van der Waals surface area (Å²) in [6.45, 7) is 4.74. The Labute approximate surface area is 145 Å². The summed E-state index contributed by atoms with van der Waals surface area (Å²) in [5, 5.41) is 14.8. The lowest BCUT2D eigenvalue weighted by atomic mass is 10.2. The Balaban J connectivity index is 0.000000450. The SMILES string of the molecule is CCS(=O)(=O)N1CCN(Cc2cccc(F)c2)CC1.O=C(O)C(=O)O. The summed E-state index contributed by atoms with van der Waals surface area (Å²) in [6, 6.07) is 6.53. The molecular formula is C15H21FN2O6S. The molecule has 10 heteroatoms. The van der Waals surface area contributed by atoms with Gasteiger partial charge in [0, 0.05) is 32.7 Å². The molecule has 8 nitrogen and oxygen atoms in total. The van der Waals surface area contributed by atoms with E-state index < -0.39 is 22.0 Å². The van der Waals surface area contributed by atoms with Crippen LogP contribution in [0.25, 0.3) is 0 Å². The highest BCUT2D eigenvalue weighted by atomic mass is 32.2. The molecule has 1 aliphatic rings. The second-order valence-corrected chi connectivity index (χ2v) is 7.57. The Morgan fingerprint density at radius 3 is 2.12 bits per heavy atom. The molecule has 0 unspecified atom stereocenters. The van der Waals surface area contributed by atoms with Gasteiger partial charge in [-0.15, -0.1) is 0 Å². The van der Waals surface area contributed by atoms with Gasteiger partial charge >= 0.3 is 11.9 Å². The molecule has 1 aromatic rings. The maximum absolute atomic E-state index is 13.1. The maximum atomic E-state index is 13.1. The minimum absolute atomic E-state index is 0.150. The average Bonchev–Trinajstić information content (AvgIpc) is 2.56. The van der Waals surface area contributed by atoms with E-state index in [2.05, 4.69) is 4.90 Å². The van der Waals surface area contributed by atoms with Crippen molar-refractivity contribution in [1.82, 2.24) is 9.21 Å². The van der Waals surface area contributed by atoms with Crippen molar-refractivity contribution in [2.75, 3.05) is 31.9 Å². The number of sulfonamides is 1. The highest BCUT2D eigenvalue weighted by Crippen LogP contribution is 2.12. The van der Waals surface area contributed by atoms with Crippen LogP contribution >= 0.6 is 0 Å². The summed E-state index contributed by atoms with van der Waals surface area (Å²) in [6.07, 6.45) is 0. The highest BCUT2D eigenvalue weighted by molar-refractivity contribution is 7.89. The first-order valence-corrected chi connectivity index (χ1v) is 9.17. The minimum atomic E-state index is -3.08. The van der Waals surface area contributed by atoms with Crippen LogP contribution in [-0.4, -0.2) is 71.7 Å². The van der Waals surface area contributed by atoms with Crippen molar-refractivity contribution >= 4 is 22.0 Å². The number of nitrogens with zero attached hydrogens (tertiary/aromatic N) is 2. The predicted molar refractivity (Wildman–Crippen MR) is 88.0 cm³/mol. The van der Waals surface area contributed by atoms with Crippen molar-refractivity contribution in [2.24, 2.45) is 0 Å². The predicted octanol–water partition coefficient (Wildman–Crippen LogP) is 0.449. The molecule has 1 fully saturated rings. The molecule has 0 radical (unpaired) electrons. The van der Waals surface area contributed by atoms with Crippen molar-refractivity contribution in [2.45, 2.75) is 13.5 Å². The van der Waals surface area contributed by atoms with E-state index in [9.17, 15) is 12.8 Å². The van der Waals surface area contributed by atoms with Crippen LogP contribution in [0.5, 0.6) is 0 Å². The highest BCUT2D eigenvalue weighted by Gasteiger charge is 2.25. The van der Waals surface area contributed by atoms with Crippen LogP contribution < -0.4 is 0 Å². The zero-order valence-electron chi connectivity index (χ0n) is 13.8. The van der Waals surface area contributed by atoms with Crippen LogP contribution in [-0.2, 0) is 26.2 Å². The zero-order valence-corrected chi connectivity index (χ0v) is 14.6.